The van der Waals surface area contributed by atoms with Crippen molar-refractivity contribution in [3.63, 3.8) is 0 Å². The van der Waals surface area contributed by atoms with Crippen molar-refractivity contribution >= 4 is 39.9 Å². The predicted molar refractivity (Wildman–Crippen MR) is 150 cm³/mol. The standard InChI is InChI=1S/C27H30N6O7S/c1-40-25(34)15-22(9-4-5-14-29-26(35)20-8-6-13-28-16-20)32-27(36)21-11-12-24(30-17-21)33-31-18-19-7-2-3-10-23(19)41(37,38)39/h2-3,6-8,10-13,16-18,22H,4-5,9,14-15H2,1H3,(H,29,35)(H,30,33)(H,32,36)(H,37,38,39). The van der Waals surface area contributed by atoms with Gasteiger partial charge in [0.15, 0.2) is 0 Å². The Morgan fingerprint density at radius 3 is 2.49 bits per heavy atom. The van der Waals surface area contributed by atoms with Gasteiger partial charge in [0.1, 0.15) is 10.7 Å². The average molecular weight is 583 g/mol. The van der Waals surface area contributed by atoms with Gasteiger partial charge in [0.2, 0.25) is 0 Å². The molecule has 3 rings (SSSR count). The van der Waals surface area contributed by atoms with Crippen LogP contribution in [-0.4, -0.2) is 66.6 Å². The smallest absolute Gasteiger partial charge is 0.307 e. The maximum atomic E-state index is 12.8. The van der Waals surface area contributed by atoms with E-state index in [1.165, 1.54) is 56.0 Å². The molecule has 0 aliphatic rings. The van der Waals surface area contributed by atoms with E-state index in [0.717, 1.165) is 0 Å². The van der Waals surface area contributed by atoms with Gasteiger partial charge in [-0.25, -0.2) is 4.98 Å². The van der Waals surface area contributed by atoms with Crippen molar-refractivity contribution in [3.8, 4) is 0 Å². The molecule has 13 nitrogen and oxygen atoms in total. The molecular weight excluding hydrogens is 552 g/mol. The first-order valence-corrected chi connectivity index (χ1v) is 14.0. The largest absolute Gasteiger partial charge is 0.469 e. The van der Waals surface area contributed by atoms with Gasteiger partial charge >= 0.3 is 5.97 Å². The van der Waals surface area contributed by atoms with Crippen LogP contribution in [0.15, 0.2) is 77.1 Å². The van der Waals surface area contributed by atoms with E-state index < -0.39 is 28.0 Å². The summed E-state index contributed by atoms with van der Waals surface area (Å²) in [4.78, 5) is 44.5. The van der Waals surface area contributed by atoms with Gasteiger partial charge in [0.25, 0.3) is 21.9 Å². The molecule has 0 saturated carbocycles. The first-order chi connectivity index (χ1) is 19.7. The third-order valence-corrected chi connectivity index (χ3v) is 6.70. The number of anilines is 1. The molecule has 0 fully saturated rings. The molecule has 0 radical (unpaired) electrons. The number of methoxy groups -OCH3 is 1. The number of hydrogen-bond donors (Lipinski definition) is 4. The number of nitrogens with one attached hydrogen (secondary N) is 3. The van der Waals surface area contributed by atoms with Crippen LogP contribution < -0.4 is 16.1 Å². The molecule has 1 aromatic carbocycles. The summed E-state index contributed by atoms with van der Waals surface area (Å²) >= 11 is 0. The molecule has 1 unspecified atom stereocenters. The zero-order valence-corrected chi connectivity index (χ0v) is 23.0. The number of pyridine rings is 2. The monoisotopic (exact) mass is 582 g/mol. The van der Waals surface area contributed by atoms with E-state index in [4.69, 9.17) is 4.74 Å². The number of hydrazone groups is 1. The Morgan fingerprint density at radius 2 is 1.80 bits per heavy atom. The Morgan fingerprint density at radius 1 is 1.02 bits per heavy atom. The van der Waals surface area contributed by atoms with Crippen LogP contribution in [0.1, 0.15) is 52.0 Å². The third kappa shape index (κ3) is 10.1. The fourth-order valence-electron chi connectivity index (χ4n) is 3.68. The molecule has 2 aromatic heterocycles. The van der Waals surface area contributed by atoms with Gasteiger partial charge in [-0.05, 0) is 49.6 Å². The fourth-order valence-corrected chi connectivity index (χ4v) is 4.35. The van der Waals surface area contributed by atoms with E-state index >= 15 is 0 Å². The summed E-state index contributed by atoms with van der Waals surface area (Å²) in [6.45, 7) is 0.425. The zero-order valence-electron chi connectivity index (χ0n) is 22.2. The lowest BCUT2D eigenvalue weighted by atomic mass is 10.1. The topological polar surface area (TPSA) is 189 Å². The summed E-state index contributed by atoms with van der Waals surface area (Å²) in [5.41, 5.74) is 3.51. The Hall–Kier alpha value is -4.69. The molecule has 0 aliphatic heterocycles. The highest BCUT2D eigenvalue weighted by atomic mass is 32.2. The highest BCUT2D eigenvalue weighted by Crippen LogP contribution is 2.14. The predicted octanol–water partition coefficient (Wildman–Crippen LogP) is 2.43. The first kappa shape index (κ1) is 30.8. The SMILES string of the molecule is COC(=O)CC(CCCCNC(=O)c1cccnc1)NC(=O)c1ccc(NN=Cc2ccccc2S(=O)(=O)O)nc1. The number of benzene rings is 1. The second kappa shape index (κ2) is 15.2. The summed E-state index contributed by atoms with van der Waals surface area (Å²) in [5, 5.41) is 9.57. The van der Waals surface area contributed by atoms with Crippen LogP contribution in [0.5, 0.6) is 0 Å². The maximum Gasteiger partial charge on any atom is 0.307 e. The first-order valence-electron chi connectivity index (χ1n) is 12.5. The average Bonchev–Trinajstić information content (AvgIpc) is 2.97. The highest BCUT2D eigenvalue weighted by Gasteiger charge is 2.18. The van der Waals surface area contributed by atoms with Crippen LogP contribution in [-0.2, 0) is 19.6 Å². The molecule has 4 N–H and O–H groups in total. The van der Waals surface area contributed by atoms with E-state index in [0.29, 0.717) is 31.4 Å². The Balaban J connectivity index is 1.51. The summed E-state index contributed by atoms with van der Waals surface area (Å²) in [6.07, 6.45) is 7.34. The lowest BCUT2D eigenvalue weighted by Gasteiger charge is -2.18. The van der Waals surface area contributed by atoms with E-state index in [1.807, 2.05) is 0 Å². The second-order valence-electron chi connectivity index (χ2n) is 8.76. The lowest BCUT2D eigenvalue weighted by Crippen LogP contribution is -2.37. The van der Waals surface area contributed by atoms with Crippen molar-refractivity contribution in [1.82, 2.24) is 20.6 Å². The number of hydrogen-bond acceptors (Lipinski definition) is 10. The van der Waals surface area contributed by atoms with Crippen LogP contribution in [0, 0.1) is 0 Å². The molecule has 2 heterocycles. The van der Waals surface area contributed by atoms with Crippen molar-refractivity contribution in [1.29, 1.82) is 0 Å². The number of nitrogens with zero attached hydrogens (tertiary/aromatic N) is 3. The van der Waals surface area contributed by atoms with Gasteiger partial charge in [-0.2, -0.15) is 13.5 Å². The summed E-state index contributed by atoms with van der Waals surface area (Å²) in [7, 11) is -3.14. The molecular formula is C27H30N6O7S. The Bertz CT molecular complexity index is 1460. The second-order valence-corrected chi connectivity index (χ2v) is 10.1. The van der Waals surface area contributed by atoms with E-state index in [2.05, 4.69) is 31.1 Å². The molecule has 3 aromatic rings. The van der Waals surface area contributed by atoms with Gasteiger partial charge < -0.3 is 15.4 Å². The van der Waals surface area contributed by atoms with Crippen molar-refractivity contribution in [2.24, 2.45) is 5.10 Å². The van der Waals surface area contributed by atoms with E-state index in [9.17, 15) is 27.4 Å². The number of ether oxygens (including phenoxy) is 1. The third-order valence-electron chi connectivity index (χ3n) is 5.77. The zero-order chi connectivity index (χ0) is 29.7. The van der Waals surface area contributed by atoms with Gasteiger partial charge in [-0.3, -0.25) is 29.3 Å². The van der Waals surface area contributed by atoms with Gasteiger partial charge in [-0.15, -0.1) is 0 Å². The molecule has 2 amide bonds. The quantitative estimate of drug-likeness (QED) is 0.0722. The van der Waals surface area contributed by atoms with Crippen molar-refractivity contribution in [2.75, 3.05) is 19.1 Å². The highest BCUT2D eigenvalue weighted by molar-refractivity contribution is 7.86. The molecule has 0 bridgehead atoms. The summed E-state index contributed by atoms with van der Waals surface area (Å²) in [5.74, 6) is -0.849. The minimum absolute atomic E-state index is 0.0168. The summed E-state index contributed by atoms with van der Waals surface area (Å²) in [6, 6.07) is 11.7. The molecule has 41 heavy (non-hydrogen) atoms. The Labute approximate surface area is 237 Å². The molecule has 0 saturated heterocycles. The number of amides is 2. The van der Waals surface area contributed by atoms with Crippen LogP contribution in [0.3, 0.4) is 0 Å². The van der Waals surface area contributed by atoms with Crippen molar-refractivity contribution < 1.29 is 32.1 Å². The number of aromatic nitrogens is 2. The molecule has 0 spiro atoms. The minimum Gasteiger partial charge on any atom is -0.469 e. The van der Waals surface area contributed by atoms with Crippen LogP contribution >= 0.6 is 0 Å². The Kier molecular flexibility index (Phi) is 11.4. The fraction of sp³-hybridized carbons (Fsp3) is 0.259. The maximum absolute atomic E-state index is 12.8. The number of esters is 1. The van der Waals surface area contributed by atoms with Crippen LogP contribution in [0.4, 0.5) is 5.82 Å². The summed E-state index contributed by atoms with van der Waals surface area (Å²) < 4.78 is 37.0. The number of unbranched alkanes of at least 4 members (excludes halogenated alkanes) is 1. The molecule has 216 valence electrons. The minimum atomic E-state index is -4.41. The molecule has 1 atom stereocenters. The van der Waals surface area contributed by atoms with Gasteiger partial charge in [0, 0.05) is 36.7 Å². The van der Waals surface area contributed by atoms with Crippen molar-refractivity contribution in [3.05, 3.63) is 83.8 Å². The number of carbonyl (C=O) groups is 3. The number of carbonyl (C=O) groups excluding carboxylic acids is 3. The van der Waals surface area contributed by atoms with Gasteiger partial charge in [-0.1, -0.05) is 18.2 Å². The lowest BCUT2D eigenvalue weighted by molar-refractivity contribution is -0.141. The van der Waals surface area contributed by atoms with Gasteiger partial charge in [0.05, 0.1) is 30.9 Å². The number of rotatable bonds is 14. The van der Waals surface area contributed by atoms with E-state index in [-0.39, 0.29) is 34.2 Å². The van der Waals surface area contributed by atoms with Crippen LogP contribution in [0.25, 0.3) is 0 Å². The molecule has 0 aliphatic carbocycles. The normalized spacial score (nSPS) is 12.0. The van der Waals surface area contributed by atoms with E-state index in [1.54, 1.807) is 24.4 Å². The van der Waals surface area contributed by atoms with Crippen LogP contribution in [0.2, 0.25) is 0 Å². The van der Waals surface area contributed by atoms with Crippen molar-refractivity contribution in [2.45, 2.75) is 36.6 Å². The molecule has 14 heteroatoms.